The summed E-state index contributed by atoms with van der Waals surface area (Å²) in [6.07, 6.45) is -0.594. The minimum Gasteiger partial charge on any atom is -0.331 e. The molecule has 0 saturated carbocycles. The molecular formula is C13H12BrN5O4. The number of nitrogens with one attached hydrogen (secondary N) is 1. The molecule has 2 heterocycles. The molecule has 2 aliphatic heterocycles. The van der Waals surface area contributed by atoms with Crippen molar-refractivity contribution in [2.45, 2.75) is 18.8 Å². The SMILES string of the molecule is CN1C(=O)NC(=O)C2C1N=C(Br)N2Cc1ccc([N+](=O)[O-])cc1. The second-order valence-corrected chi connectivity index (χ2v) is 5.92. The van der Waals surface area contributed by atoms with Crippen LogP contribution in [0.3, 0.4) is 0 Å². The predicted octanol–water partition coefficient (Wildman–Crippen LogP) is 1.04. The number of hydrogen-bond donors (Lipinski definition) is 1. The molecule has 2 aliphatic rings. The van der Waals surface area contributed by atoms with Gasteiger partial charge in [0.15, 0.2) is 17.0 Å². The molecule has 3 amide bonds. The van der Waals surface area contributed by atoms with Crippen LogP contribution in [0, 0.1) is 10.1 Å². The summed E-state index contributed by atoms with van der Waals surface area (Å²) < 4.78 is 0.461. The largest absolute Gasteiger partial charge is 0.331 e. The van der Waals surface area contributed by atoms with Crippen molar-refractivity contribution < 1.29 is 14.5 Å². The van der Waals surface area contributed by atoms with Crippen LogP contribution in [0.25, 0.3) is 0 Å². The maximum absolute atomic E-state index is 12.1. The molecule has 0 bridgehead atoms. The molecule has 1 saturated heterocycles. The first-order valence-corrected chi connectivity index (χ1v) is 7.48. The molecule has 1 aromatic carbocycles. The van der Waals surface area contributed by atoms with E-state index in [4.69, 9.17) is 0 Å². The molecule has 2 unspecified atom stereocenters. The lowest BCUT2D eigenvalue weighted by molar-refractivity contribution is -0.384. The van der Waals surface area contributed by atoms with Crippen LogP contribution >= 0.6 is 15.9 Å². The number of nitro groups is 1. The quantitative estimate of drug-likeness (QED) is 0.477. The fraction of sp³-hybridized carbons (Fsp3) is 0.308. The number of nitro benzene ring substituents is 1. The van der Waals surface area contributed by atoms with Crippen LogP contribution in [0.2, 0.25) is 0 Å². The molecule has 2 atom stereocenters. The van der Waals surface area contributed by atoms with Crippen molar-refractivity contribution in [3.8, 4) is 0 Å². The van der Waals surface area contributed by atoms with Crippen LogP contribution in [-0.4, -0.2) is 50.7 Å². The van der Waals surface area contributed by atoms with E-state index in [0.29, 0.717) is 11.3 Å². The van der Waals surface area contributed by atoms with Gasteiger partial charge in [0.2, 0.25) is 0 Å². The molecule has 0 radical (unpaired) electrons. The monoisotopic (exact) mass is 381 g/mol. The number of benzene rings is 1. The van der Waals surface area contributed by atoms with Gasteiger partial charge < -0.3 is 9.80 Å². The number of carbonyl (C=O) groups is 2. The van der Waals surface area contributed by atoms with E-state index in [1.165, 1.54) is 17.0 Å². The predicted molar refractivity (Wildman–Crippen MR) is 83.9 cm³/mol. The van der Waals surface area contributed by atoms with Crippen molar-refractivity contribution in [3.05, 3.63) is 39.9 Å². The molecule has 23 heavy (non-hydrogen) atoms. The fourth-order valence-corrected chi connectivity index (χ4v) is 3.13. The highest BCUT2D eigenvalue weighted by Gasteiger charge is 2.47. The van der Waals surface area contributed by atoms with Crippen LogP contribution in [0.1, 0.15) is 5.56 Å². The normalized spacial score (nSPS) is 23.5. The number of urea groups is 1. The molecule has 0 spiro atoms. The van der Waals surface area contributed by atoms with Crippen LogP contribution in [0.4, 0.5) is 10.5 Å². The Bertz CT molecular complexity index is 720. The highest BCUT2D eigenvalue weighted by Crippen LogP contribution is 2.28. The molecule has 0 aromatic heterocycles. The van der Waals surface area contributed by atoms with E-state index in [1.54, 1.807) is 24.1 Å². The Kier molecular flexibility index (Phi) is 3.76. The van der Waals surface area contributed by atoms with Crippen molar-refractivity contribution in [1.29, 1.82) is 0 Å². The molecule has 3 rings (SSSR count). The molecule has 9 nitrogen and oxygen atoms in total. The second-order valence-electron chi connectivity index (χ2n) is 5.21. The summed E-state index contributed by atoms with van der Waals surface area (Å²) in [5.74, 6) is -0.418. The van der Waals surface area contributed by atoms with E-state index in [9.17, 15) is 19.7 Å². The van der Waals surface area contributed by atoms with Crippen molar-refractivity contribution >= 4 is 38.3 Å². The molecule has 1 aromatic rings. The van der Waals surface area contributed by atoms with Gasteiger partial charge in [-0.25, -0.2) is 9.79 Å². The highest BCUT2D eigenvalue weighted by atomic mass is 79.9. The lowest BCUT2D eigenvalue weighted by atomic mass is 10.1. The molecule has 10 heteroatoms. The number of fused-ring (bicyclic) bond motifs is 1. The summed E-state index contributed by atoms with van der Waals surface area (Å²) in [7, 11) is 1.57. The van der Waals surface area contributed by atoms with E-state index in [0.717, 1.165) is 5.56 Å². The number of likely N-dealkylation sites (N-methyl/N-ethyl adjacent to an activating group) is 1. The molecule has 1 N–H and O–H groups in total. The highest BCUT2D eigenvalue weighted by molar-refractivity contribution is 9.18. The van der Waals surface area contributed by atoms with Gasteiger partial charge in [-0.15, -0.1) is 0 Å². The molecule has 1 fully saturated rings. The second kappa shape index (κ2) is 5.61. The first kappa shape index (κ1) is 15.4. The van der Waals surface area contributed by atoms with Gasteiger partial charge in [-0.1, -0.05) is 12.1 Å². The number of amides is 3. The first-order valence-electron chi connectivity index (χ1n) is 6.69. The lowest BCUT2D eigenvalue weighted by Crippen LogP contribution is -2.63. The van der Waals surface area contributed by atoms with Gasteiger partial charge in [0.25, 0.3) is 11.6 Å². The summed E-state index contributed by atoms with van der Waals surface area (Å²) >= 11 is 3.31. The Balaban J connectivity index is 1.83. The number of aliphatic imine (C=N–C) groups is 1. The van der Waals surface area contributed by atoms with E-state index in [2.05, 4.69) is 26.2 Å². The smallest absolute Gasteiger partial charge is 0.325 e. The van der Waals surface area contributed by atoms with E-state index >= 15 is 0 Å². The van der Waals surface area contributed by atoms with E-state index < -0.39 is 29.1 Å². The van der Waals surface area contributed by atoms with Crippen molar-refractivity contribution in [3.63, 3.8) is 0 Å². The van der Waals surface area contributed by atoms with Crippen LogP contribution in [0.15, 0.2) is 29.3 Å². The van der Waals surface area contributed by atoms with Gasteiger partial charge in [-0.2, -0.15) is 0 Å². The third-order valence-electron chi connectivity index (χ3n) is 3.81. The standard InChI is InChI=1S/C13H12BrN5O4/c1-17-10-9(11(20)16-13(17)21)18(12(14)15-10)6-7-2-4-8(5-3-7)19(22)23/h2-5,9-10H,6H2,1H3,(H,16,20,21). The Morgan fingerprint density at radius 3 is 2.61 bits per heavy atom. The molecule has 0 aliphatic carbocycles. The average molecular weight is 382 g/mol. The minimum atomic E-state index is -0.637. The number of carbonyl (C=O) groups excluding carboxylic acids is 2. The zero-order valence-corrected chi connectivity index (χ0v) is 13.6. The third-order valence-corrected chi connectivity index (χ3v) is 4.47. The average Bonchev–Trinajstić information content (AvgIpc) is 2.83. The zero-order valence-electron chi connectivity index (χ0n) is 12.0. The Labute approximate surface area is 139 Å². The molecular weight excluding hydrogens is 370 g/mol. The topological polar surface area (TPSA) is 108 Å². The number of imide groups is 1. The van der Waals surface area contributed by atoms with Crippen molar-refractivity contribution in [1.82, 2.24) is 15.1 Å². The number of halogens is 1. The Morgan fingerprint density at radius 2 is 2.00 bits per heavy atom. The van der Waals surface area contributed by atoms with Crippen LogP contribution in [-0.2, 0) is 11.3 Å². The summed E-state index contributed by atoms with van der Waals surface area (Å²) in [6.45, 7) is 0.332. The number of hydrogen-bond acceptors (Lipinski definition) is 6. The van der Waals surface area contributed by atoms with Crippen LogP contribution < -0.4 is 5.32 Å². The van der Waals surface area contributed by atoms with Gasteiger partial charge in [-0.05, 0) is 21.5 Å². The number of rotatable bonds is 3. The Hall–Kier alpha value is -2.49. The van der Waals surface area contributed by atoms with Gasteiger partial charge in [0, 0.05) is 25.7 Å². The summed E-state index contributed by atoms with van der Waals surface area (Å²) in [5, 5.41) is 13.0. The maximum Gasteiger partial charge on any atom is 0.325 e. The van der Waals surface area contributed by atoms with Gasteiger partial charge >= 0.3 is 6.03 Å². The summed E-state index contributed by atoms with van der Waals surface area (Å²) in [5.41, 5.74) is 0.789. The van der Waals surface area contributed by atoms with Crippen molar-refractivity contribution in [2.75, 3.05) is 7.05 Å². The van der Waals surface area contributed by atoms with Crippen LogP contribution in [0.5, 0.6) is 0 Å². The van der Waals surface area contributed by atoms with Gasteiger partial charge in [0.1, 0.15) is 0 Å². The fourth-order valence-electron chi connectivity index (χ4n) is 2.58. The maximum atomic E-state index is 12.1. The summed E-state index contributed by atoms with van der Waals surface area (Å²) in [6, 6.07) is 4.94. The number of amidine groups is 1. The number of non-ortho nitro benzene ring substituents is 1. The first-order chi connectivity index (χ1) is 10.9. The van der Waals surface area contributed by atoms with E-state index in [-0.39, 0.29) is 5.69 Å². The van der Waals surface area contributed by atoms with E-state index in [1.807, 2.05) is 0 Å². The summed E-state index contributed by atoms with van der Waals surface area (Å²) in [4.78, 5) is 41.4. The third kappa shape index (κ3) is 2.65. The number of nitrogens with zero attached hydrogens (tertiary/aromatic N) is 4. The molecule has 120 valence electrons. The minimum absolute atomic E-state index is 0.00141. The zero-order chi connectivity index (χ0) is 16.7. The van der Waals surface area contributed by atoms with Gasteiger partial charge in [-0.3, -0.25) is 20.2 Å². The lowest BCUT2D eigenvalue weighted by Gasteiger charge is -2.35. The van der Waals surface area contributed by atoms with Crippen molar-refractivity contribution in [2.24, 2.45) is 4.99 Å². The van der Waals surface area contributed by atoms with Gasteiger partial charge in [0.05, 0.1) is 4.92 Å². The Morgan fingerprint density at radius 1 is 1.35 bits per heavy atom.